The standard InChI is InChI=1S/C14H20ClNO/c1-2-13(12-8-4-3-5-9-12)14(17)16-11-7-6-10-15/h3-5,8-9,13H,2,6-7,10-11H2,1H3,(H,16,17). The molecule has 1 amide bonds. The van der Waals surface area contributed by atoms with E-state index in [1.807, 2.05) is 37.3 Å². The first kappa shape index (κ1) is 14.0. The molecule has 0 aliphatic heterocycles. The van der Waals surface area contributed by atoms with Gasteiger partial charge in [-0.05, 0) is 24.8 Å². The molecule has 0 spiro atoms. The number of rotatable bonds is 7. The molecule has 1 unspecified atom stereocenters. The van der Waals surface area contributed by atoms with E-state index in [0.717, 1.165) is 31.4 Å². The minimum Gasteiger partial charge on any atom is -0.356 e. The summed E-state index contributed by atoms with van der Waals surface area (Å²) >= 11 is 5.59. The molecular formula is C14H20ClNO. The first-order chi connectivity index (χ1) is 8.29. The molecule has 0 fully saturated rings. The van der Waals surface area contributed by atoms with Crippen LogP contribution in [0.15, 0.2) is 30.3 Å². The number of amides is 1. The van der Waals surface area contributed by atoms with E-state index >= 15 is 0 Å². The Hall–Kier alpha value is -1.02. The van der Waals surface area contributed by atoms with E-state index in [1.54, 1.807) is 0 Å². The van der Waals surface area contributed by atoms with Gasteiger partial charge in [0.25, 0.3) is 0 Å². The molecule has 1 aromatic rings. The smallest absolute Gasteiger partial charge is 0.227 e. The second-order valence-electron chi connectivity index (χ2n) is 4.06. The molecule has 3 heteroatoms. The molecule has 1 atom stereocenters. The Balaban J connectivity index is 2.48. The highest BCUT2D eigenvalue weighted by molar-refractivity contribution is 6.17. The van der Waals surface area contributed by atoms with Gasteiger partial charge in [-0.15, -0.1) is 11.6 Å². The van der Waals surface area contributed by atoms with E-state index in [2.05, 4.69) is 5.32 Å². The predicted molar refractivity (Wildman–Crippen MR) is 72.4 cm³/mol. The third-order valence-electron chi connectivity index (χ3n) is 2.79. The van der Waals surface area contributed by atoms with Gasteiger partial charge in [-0.2, -0.15) is 0 Å². The molecule has 0 heterocycles. The van der Waals surface area contributed by atoms with Gasteiger partial charge >= 0.3 is 0 Å². The lowest BCUT2D eigenvalue weighted by atomic mass is 9.96. The Labute approximate surface area is 108 Å². The number of hydrogen-bond acceptors (Lipinski definition) is 1. The van der Waals surface area contributed by atoms with E-state index in [-0.39, 0.29) is 11.8 Å². The molecule has 94 valence electrons. The van der Waals surface area contributed by atoms with Crippen molar-refractivity contribution in [1.82, 2.24) is 5.32 Å². The van der Waals surface area contributed by atoms with Crippen molar-refractivity contribution in [3.05, 3.63) is 35.9 Å². The van der Waals surface area contributed by atoms with Crippen molar-refractivity contribution in [3.63, 3.8) is 0 Å². The van der Waals surface area contributed by atoms with Crippen LogP contribution in [0.3, 0.4) is 0 Å². The van der Waals surface area contributed by atoms with Gasteiger partial charge in [0.1, 0.15) is 0 Å². The SMILES string of the molecule is CCC(C(=O)NCCCCCl)c1ccccc1. The summed E-state index contributed by atoms with van der Waals surface area (Å²) in [7, 11) is 0. The molecule has 0 saturated carbocycles. The van der Waals surface area contributed by atoms with Crippen molar-refractivity contribution >= 4 is 17.5 Å². The number of benzene rings is 1. The predicted octanol–water partition coefficient (Wildman–Crippen LogP) is 3.32. The van der Waals surface area contributed by atoms with Gasteiger partial charge in [-0.3, -0.25) is 4.79 Å². The molecule has 0 aliphatic rings. The van der Waals surface area contributed by atoms with Crippen molar-refractivity contribution in [2.75, 3.05) is 12.4 Å². The summed E-state index contributed by atoms with van der Waals surface area (Å²) in [5.74, 6) is 0.742. The highest BCUT2D eigenvalue weighted by atomic mass is 35.5. The monoisotopic (exact) mass is 253 g/mol. The van der Waals surface area contributed by atoms with Gasteiger partial charge in [0.05, 0.1) is 5.92 Å². The molecule has 2 nitrogen and oxygen atoms in total. The fraction of sp³-hybridized carbons (Fsp3) is 0.500. The van der Waals surface area contributed by atoms with Crippen LogP contribution in [0, 0.1) is 0 Å². The zero-order valence-electron chi connectivity index (χ0n) is 10.3. The van der Waals surface area contributed by atoms with E-state index in [9.17, 15) is 4.79 Å². The number of unbranched alkanes of at least 4 members (excludes halogenated alkanes) is 1. The minimum atomic E-state index is -0.0350. The van der Waals surface area contributed by atoms with Crippen LogP contribution in [0.4, 0.5) is 0 Å². The highest BCUT2D eigenvalue weighted by Gasteiger charge is 2.17. The van der Waals surface area contributed by atoms with Crippen molar-refractivity contribution in [1.29, 1.82) is 0 Å². The Morgan fingerprint density at radius 1 is 1.29 bits per heavy atom. The highest BCUT2D eigenvalue weighted by Crippen LogP contribution is 2.19. The summed E-state index contributed by atoms with van der Waals surface area (Å²) in [5, 5.41) is 2.97. The lowest BCUT2D eigenvalue weighted by Gasteiger charge is -2.15. The van der Waals surface area contributed by atoms with Crippen LogP contribution in [0.5, 0.6) is 0 Å². The lowest BCUT2D eigenvalue weighted by Crippen LogP contribution is -2.30. The summed E-state index contributed by atoms with van der Waals surface area (Å²) in [5.41, 5.74) is 1.09. The molecule has 1 aromatic carbocycles. The number of alkyl halides is 1. The average molecular weight is 254 g/mol. The molecule has 17 heavy (non-hydrogen) atoms. The molecule has 0 aliphatic carbocycles. The normalized spacial score (nSPS) is 12.1. The summed E-state index contributed by atoms with van der Waals surface area (Å²) in [6, 6.07) is 9.92. The van der Waals surface area contributed by atoms with Crippen LogP contribution in [0.25, 0.3) is 0 Å². The number of carbonyl (C=O) groups is 1. The summed E-state index contributed by atoms with van der Waals surface area (Å²) in [6.07, 6.45) is 2.72. The van der Waals surface area contributed by atoms with Crippen LogP contribution in [-0.4, -0.2) is 18.3 Å². The fourth-order valence-electron chi connectivity index (χ4n) is 1.81. The molecular weight excluding hydrogens is 234 g/mol. The molecule has 1 rings (SSSR count). The van der Waals surface area contributed by atoms with Crippen LogP contribution in [0.1, 0.15) is 37.7 Å². The van der Waals surface area contributed by atoms with Crippen molar-refractivity contribution < 1.29 is 4.79 Å². The maximum Gasteiger partial charge on any atom is 0.227 e. The quantitative estimate of drug-likeness (QED) is 0.586. The first-order valence-corrected chi connectivity index (χ1v) is 6.71. The number of halogens is 1. The Morgan fingerprint density at radius 2 is 2.00 bits per heavy atom. The Bertz CT molecular complexity index is 326. The third kappa shape index (κ3) is 4.78. The Kier molecular flexibility index (Phi) is 6.71. The van der Waals surface area contributed by atoms with Crippen LogP contribution in [-0.2, 0) is 4.79 Å². The maximum atomic E-state index is 12.0. The van der Waals surface area contributed by atoms with Crippen molar-refractivity contribution in [2.45, 2.75) is 32.1 Å². The topological polar surface area (TPSA) is 29.1 Å². The van der Waals surface area contributed by atoms with Gasteiger partial charge < -0.3 is 5.32 Å². The Morgan fingerprint density at radius 3 is 2.59 bits per heavy atom. The van der Waals surface area contributed by atoms with Gasteiger partial charge in [-0.25, -0.2) is 0 Å². The molecule has 0 aromatic heterocycles. The second kappa shape index (κ2) is 8.13. The molecule has 1 N–H and O–H groups in total. The summed E-state index contributed by atoms with van der Waals surface area (Å²) in [4.78, 5) is 12.0. The van der Waals surface area contributed by atoms with Gasteiger partial charge in [0.2, 0.25) is 5.91 Å². The fourth-order valence-corrected chi connectivity index (χ4v) is 2.00. The zero-order chi connectivity index (χ0) is 12.5. The summed E-state index contributed by atoms with van der Waals surface area (Å²) < 4.78 is 0. The van der Waals surface area contributed by atoms with E-state index < -0.39 is 0 Å². The summed E-state index contributed by atoms with van der Waals surface area (Å²) in [6.45, 7) is 2.75. The zero-order valence-corrected chi connectivity index (χ0v) is 11.0. The number of carbonyl (C=O) groups excluding carboxylic acids is 1. The van der Waals surface area contributed by atoms with Crippen LogP contribution >= 0.6 is 11.6 Å². The largest absolute Gasteiger partial charge is 0.356 e. The van der Waals surface area contributed by atoms with E-state index in [0.29, 0.717) is 5.88 Å². The van der Waals surface area contributed by atoms with Gasteiger partial charge in [0, 0.05) is 12.4 Å². The minimum absolute atomic E-state index is 0.0350. The lowest BCUT2D eigenvalue weighted by molar-refractivity contribution is -0.122. The maximum absolute atomic E-state index is 12.0. The average Bonchev–Trinajstić information content (AvgIpc) is 2.37. The van der Waals surface area contributed by atoms with Crippen LogP contribution in [0.2, 0.25) is 0 Å². The molecule has 0 bridgehead atoms. The van der Waals surface area contributed by atoms with Gasteiger partial charge in [0.15, 0.2) is 0 Å². The van der Waals surface area contributed by atoms with E-state index in [1.165, 1.54) is 0 Å². The second-order valence-corrected chi connectivity index (χ2v) is 4.44. The molecule has 0 radical (unpaired) electrons. The molecule has 0 saturated heterocycles. The number of nitrogens with one attached hydrogen (secondary N) is 1. The van der Waals surface area contributed by atoms with Gasteiger partial charge in [-0.1, -0.05) is 37.3 Å². The third-order valence-corrected chi connectivity index (χ3v) is 3.05. The van der Waals surface area contributed by atoms with Crippen molar-refractivity contribution in [2.24, 2.45) is 0 Å². The first-order valence-electron chi connectivity index (χ1n) is 6.18. The van der Waals surface area contributed by atoms with Crippen molar-refractivity contribution in [3.8, 4) is 0 Å². The van der Waals surface area contributed by atoms with Crippen LogP contribution < -0.4 is 5.32 Å². The van der Waals surface area contributed by atoms with E-state index in [4.69, 9.17) is 11.6 Å². The number of hydrogen-bond donors (Lipinski definition) is 1.